The van der Waals surface area contributed by atoms with Crippen molar-refractivity contribution in [3.8, 4) is 0 Å². The monoisotopic (exact) mass is 450 g/mol. The molecule has 7 nitrogen and oxygen atoms in total. The van der Waals surface area contributed by atoms with E-state index in [1.165, 1.54) is 16.0 Å². The molecular formula is C24H30N6OS. The molecule has 3 N–H and O–H groups in total. The first kappa shape index (κ1) is 22.4. The fourth-order valence-electron chi connectivity index (χ4n) is 4.13. The Morgan fingerprint density at radius 1 is 1.31 bits per heavy atom. The van der Waals surface area contributed by atoms with Crippen molar-refractivity contribution in [2.75, 3.05) is 20.1 Å². The number of aromatic amines is 1. The molecule has 0 saturated carbocycles. The van der Waals surface area contributed by atoms with Crippen LogP contribution < -0.4 is 16.2 Å². The Balaban J connectivity index is 1.43. The van der Waals surface area contributed by atoms with Gasteiger partial charge in [-0.05, 0) is 43.2 Å². The van der Waals surface area contributed by atoms with Crippen molar-refractivity contribution < 1.29 is 0 Å². The van der Waals surface area contributed by atoms with Crippen LogP contribution in [-0.2, 0) is 19.5 Å². The molecule has 0 aliphatic carbocycles. The van der Waals surface area contributed by atoms with Crippen LogP contribution in [0.25, 0.3) is 26.8 Å². The Hall–Kier alpha value is -2.81. The molecule has 0 saturated heterocycles. The van der Waals surface area contributed by atoms with E-state index in [9.17, 15) is 4.79 Å². The van der Waals surface area contributed by atoms with Crippen molar-refractivity contribution in [1.29, 1.82) is 0 Å². The maximum atomic E-state index is 13.1. The third-order valence-electron chi connectivity index (χ3n) is 5.75. The maximum Gasteiger partial charge on any atom is 0.262 e. The highest BCUT2D eigenvalue weighted by Crippen LogP contribution is 2.28. The van der Waals surface area contributed by atoms with Crippen LogP contribution in [-0.4, -0.2) is 39.7 Å². The van der Waals surface area contributed by atoms with E-state index in [1.807, 2.05) is 19.3 Å². The molecule has 0 unspecified atom stereocenters. The Kier molecular flexibility index (Phi) is 7.14. The van der Waals surface area contributed by atoms with Gasteiger partial charge in [0.15, 0.2) is 0 Å². The van der Waals surface area contributed by atoms with Crippen LogP contribution in [0.5, 0.6) is 0 Å². The van der Waals surface area contributed by atoms with Gasteiger partial charge in [-0.15, -0.1) is 11.3 Å². The van der Waals surface area contributed by atoms with Crippen molar-refractivity contribution in [2.45, 2.75) is 39.8 Å². The second-order valence-corrected chi connectivity index (χ2v) is 8.78. The lowest BCUT2D eigenvalue weighted by molar-refractivity contribution is 0.605. The Morgan fingerprint density at radius 2 is 2.19 bits per heavy atom. The van der Waals surface area contributed by atoms with E-state index in [-0.39, 0.29) is 5.56 Å². The second-order valence-electron chi connectivity index (χ2n) is 7.70. The quantitative estimate of drug-likeness (QED) is 0.321. The van der Waals surface area contributed by atoms with Crippen molar-refractivity contribution in [3.63, 3.8) is 0 Å². The van der Waals surface area contributed by atoms with Crippen LogP contribution in [0.2, 0.25) is 0 Å². The van der Waals surface area contributed by atoms with Crippen LogP contribution in [0.4, 0.5) is 0 Å². The summed E-state index contributed by atoms with van der Waals surface area (Å²) >= 11 is 1.62. The SMILES string of the molecule is CC/C(=C\CNCCn1cnc2sc(CNC)c(CC)c2c1=O)c1c[nH]c2ncccc12. The van der Waals surface area contributed by atoms with Crippen molar-refractivity contribution in [3.05, 3.63) is 63.3 Å². The zero-order valence-corrected chi connectivity index (χ0v) is 19.7. The molecule has 0 spiro atoms. The summed E-state index contributed by atoms with van der Waals surface area (Å²) in [5, 5.41) is 8.56. The van der Waals surface area contributed by atoms with Gasteiger partial charge >= 0.3 is 0 Å². The molecule has 32 heavy (non-hydrogen) atoms. The van der Waals surface area contributed by atoms with E-state index < -0.39 is 0 Å². The molecule has 0 aliphatic rings. The summed E-state index contributed by atoms with van der Waals surface area (Å²) in [4.78, 5) is 27.3. The van der Waals surface area contributed by atoms with Gasteiger partial charge in [0.1, 0.15) is 10.5 Å². The third-order valence-corrected chi connectivity index (χ3v) is 6.89. The molecule has 168 valence electrons. The zero-order chi connectivity index (χ0) is 22.5. The summed E-state index contributed by atoms with van der Waals surface area (Å²) in [7, 11) is 1.93. The van der Waals surface area contributed by atoms with E-state index in [0.29, 0.717) is 13.1 Å². The zero-order valence-electron chi connectivity index (χ0n) is 18.9. The number of nitrogens with zero attached hydrogens (tertiary/aromatic N) is 3. The van der Waals surface area contributed by atoms with Crippen molar-refractivity contribution >= 4 is 38.2 Å². The Morgan fingerprint density at radius 3 is 2.97 bits per heavy atom. The topological polar surface area (TPSA) is 87.6 Å². The molecule has 0 aliphatic heterocycles. The minimum Gasteiger partial charge on any atom is -0.346 e. The van der Waals surface area contributed by atoms with Gasteiger partial charge in [0.25, 0.3) is 5.56 Å². The number of allylic oxidation sites excluding steroid dienone is 1. The lowest BCUT2D eigenvalue weighted by Crippen LogP contribution is -2.27. The molecule has 0 radical (unpaired) electrons. The van der Waals surface area contributed by atoms with Crippen molar-refractivity contribution in [2.24, 2.45) is 0 Å². The molecule has 4 aromatic rings. The van der Waals surface area contributed by atoms with Gasteiger partial charge < -0.3 is 15.6 Å². The van der Waals surface area contributed by atoms with Crippen LogP contribution >= 0.6 is 11.3 Å². The van der Waals surface area contributed by atoms with E-state index in [0.717, 1.165) is 52.7 Å². The van der Waals surface area contributed by atoms with Gasteiger partial charge in [-0.25, -0.2) is 9.97 Å². The highest BCUT2D eigenvalue weighted by atomic mass is 32.1. The van der Waals surface area contributed by atoms with Gasteiger partial charge in [-0.1, -0.05) is 19.9 Å². The minimum absolute atomic E-state index is 0.0586. The lowest BCUT2D eigenvalue weighted by atomic mass is 10.0. The van der Waals surface area contributed by atoms with Gasteiger partial charge in [0.05, 0.1) is 11.7 Å². The highest BCUT2D eigenvalue weighted by molar-refractivity contribution is 7.18. The molecule has 8 heteroatoms. The normalized spacial score (nSPS) is 12.3. The second kappa shape index (κ2) is 10.2. The summed E-state index contributed by atoms with van der Waals surface area (Å²) in [6, 6.07) is 4.06. The predicted octanol–water partition coefficient (Wildman–Crippen LogP) is 3.70. The molecule has 0 bridgehead atoms. The first-order valence-corrected chi connectivity index (χ1v) is 12.0. The molecule has 0 amide bonds. The standard InChI is InChI=1S/C24H30N6OS/c1-4-16(19-13-28-22-18(19)7-6-9-27-22)8-10-26-11-12-30-15-29-23-21(24(30)31)17(5-2)20(32-23)14-25-3/h6-9,13,15,25-26H,4-5,10-12,14H2,1-3H3,(H,27,28)/b16-8+. The van der Waals surface area contributed by atoms with Crippen LogP contribution in [0.3, 0.4) is 0 Å². The average Bonchev–Trinajstić information content (AvgIpc) is 3.39. The van der Waals surface area contributed by atoms with Gasteiger partial charge in [-0.2, -0.15) is 0 Å². The summed E-state index contributed by atoms with van der Waals surface area (Å²) in [6.07, 6.45) is 9.51. The lowest BCUT2D eigenvalue weighted by Gasteiger charge is -2.08. The fraction of sp³-hybridized carbons (Fsp3) is 0.375. The van der Waals surface area contributed by atoms with Gasteiger partial charge in [-0.3, -0.25) is 9.36 Å². The van der Waals surface area contributed by atoms with Crippen LogP contribution in [0.15, 0.2) is 41.7 Å². The van der Waals surface area contributed by atoms with Crippen molar-refractivity contribution in [1.82, 2.24) is 30.2 Å². The first-order chi connectivity index (χ1) is 15.7. The van der Waals surface area contributed by atoms with Crippen LogP contribution in [0.1, 0.15) is 36.3 Å². The van der Waals surface area contributed by atoms with E-state index in [1.54, 1.807) is 28.4 Å². The summed E-state index contributed by atoms with van der Waals surface area (Å²) in [6.45, 7) is 7.06. The third kappa shape index (κ3) is 4.39. The molecule has 4 rings (SSSR count). The fourth-order valence-corrected chi connectivity index (χ4v) is 5.36. The van der Waals surface area contributed by atoms with E-state index in [2.05, 4.69) is 51.6 Å². The van der Waals surface area contributed by atoms with E-state index in [4.69, 9.17) is 0 Å². The number of nitrogens with one attached hydrogen (secondary N) is 3. The molecule has 4 aromatic heterocycles. The number of hydrogen-bond donors (Lipinski definition) is 3. The summed E-state index contributed by atoms with van der Waals surface area (Å²) < 4.78 is 1.72. The number of thiophene rings is 1. The maximum absolute atomic E-state index is 13.1. The number of H-pyrrole nitrogens is 1. The summed E-state index contributed by atoms with van der Waals surface area (Å²) in [5.74, 6) is 0. The van der Waals surface area contributed by atoms with Gasteiger partial charge in [0, 0.05) is 54.4 Å². The molecule has 0 fully saturated rings. The number of fused-ring (bicyclic) bond motifs is 2. The molecule has 4 heterocycles. The summed E-state index contributed by atoms with van der Waals surface area (Å²) in [5.41, 5.74) is 4.58. The molecule has 0 aromatic carbocycles. The molecule has 0 atom stereocenters. The molecular weight excluding hydrogens is 420 g/mol. The minimum atomic E-state index is 0.0586. The number of aryl methyl sites for hydroxylation is 1. The average molecular weight is 451 g/mol. The predicted molar refractivity (Wildman–Crippen MR) is 133 cm³/mol. The largest absolute Gasteiger partial charge is 0.346 e. The number of pyridine rings is 1. The van der Waals surface area contributed by atoms with Crippen LogP contribution in [0, 0.1) is 0 Å². The van der Waals surface area contributed by atoms with Gasteiger partial charge in [0.2, 0.25) is 0 Å². The Labute approximate surface area is 191 Å². The highest BCUT2D eigenvalue weighted by Gasteiger charge is 2.15. The number of rotatable bonds is 10. The smallest absolute Gasteiger partial charge is 0.262 e. The number of hydrogen-bond acceptors (Lipinski definition) is 6. The van der Waals surface area contributed by atoms with E-state index >= 15 is 0 Å². The number of aromatic nitrogens is 4. The Bertz CT molecular complexity index is 1300. The first-order valence-electron chi connectivity index (χ1n) is 11.1.